The van der Waals surface area contributed by atoms with Crippen LogP contribution in [0, 0.1) is 0 Å². The maximum atomic E-state index is 13.1. The summed E-state index contributed by atoms with van der Waals surface area (Å²) < 4.78 is 1.45. The number of fused-ring (bicyclic) bond motifs is 1. The molecule has 0 bridgehead atoms. The van der Waals surface area contributed by atoms with Crippen LogP contribution in [0.1, 0.15) is 12.8 Å². The van der Waals surface area contributed by atoms with Crippen molar-refractivity contribution in [2.75, 3.05) is 27.2 Å². The molecule has 3 aromatic heterocycles. The van der Waals surface area contributed by atoms with Crippen molar-refractivity contribution in [1.82, 2.24) is 19.4 Å². The minimum absolute atomic E-state index is 0.0160. The Morgan fingerprint density at radius 3 is 2.96 bits per heavy atom. The van der Waals surface area contributed by atoms with Gasteiger partial charge in [-0.05, 0) is 38.4 Å². The van der Waals surface area contributed by atoms with Gasteiger partial charge in [0.1, 0.15) is 11.4 Å². The number of carbonyl (C=O) groups is 1. The molecule has 1 aliphatic heterocycles. The highest BCUT2D eigenvalue weighted by Crippen LogP contribution is 2.33. The minimum atomic E-state index is -0.140. The fourth-order valence-corrected chi connectivity index (χ4v) is 5.26. The first-order valence-corrected chi connectivity index (χ1v) is 10.7. The fraction of sp³-hybridized carbons (Fsp3) is 0.421. The number of aromatic nitrogens is 2. The molecule has 1 unspecified atom stereocenters. The van der Waals surface area contributed by atoms with Crippen LogP contribution in [0.5, 0.6) is 0 Å². The average Bonchev–Trinajstić information content (AvgIpc) is 3.33. The second kappa shape index (κ2) is 7.53. The van der Waals surface area contributed by atoms with E-state index < -0.39 is 0 Å². The van der Waals surface area contributed by atoms with Crippen LogP contribution in [0.3, 0.4) is 0 Å². The Labute approximate surface area is 165 Å². The molecule has 142 valence electrons. The highest BCUT2D eigenvalue weighted by Gasteiger charge is 2.25. The van der Waals surface area contributed by atoms with E-state index >= 15 is 0 Å². The van der Waals surface area contributed by atoms with Crippen LogP contribution in [0.2, 0.25) is 0 Å². The predicted molar refractivity (Wildman–Crippen MR) is 110 cm³/mol. The van der Waals surface area contributed by atoms with Gasteiger partial charge in [0.25, 0.3) is 5.56 Å². The van der Waals surface area contributed by atoms with E-state index in [-0.39, 0.29) is 18.0 Å². The second-order valence-corrected chi connectivity index (χ2v) is 8.89. The van der Waals surface area contributed by atoms with Crippen LogP contribution in [0.4, 0.5) is 0 Å². The van der Waals surface area contributed by atoms with E-state index in [1.165, 1.54) is 22.2 Å². The number of nitrogens with zero attached hydrogens (tertiary/aromatic N) is 4. The molecule has 0 spiro atoms. The summed E-state index contributed by atoms with van der Waals surface area (Å²) in [6, 6.07) is 4.35. The van der Waals surface area contributed by atoms with E-state index in [1.54, 1.807) is 11.3 Å². The van der Waals surface area contributed by atoms with Gasteiger partial charge in [0.2, 0.25) is 5.91 Å². The summed E-state index contributed by atoms with van der Waals surface area (Å²) in [5, 5.41) is 4.58. The number of piperidine rings is 1. The number of hydrogen-bond acceptors (Lipinski definition) is 6. The molecule has 0 N–H and O–H groups in total. The molecular weight excluding hydrogens is 380 g/mol. The third kappa shape index (κ3) is 3.56. The molecular formula is C19H22N4O2S2. The molecule has 1 aliphatic rings. The highest BCUT2D eigenvalue weighted by atomic mass is 32.1. The molecule has 4 heterocycles. The molecule has 0 saturated carbocycles. The van der Waals surface area contributed by atoms with Gasteiger partial charge in [-0.2, -0.15) is 0 Å². The summed E-state index contributed by atoms with van der Waals surface area (Å²) in [5.41, 5.74) is 0.772. The summed E-state index contributed by atoms with van der Waals surface area (Å²) >= 11 is 3.07. The second-order valence-electron chi connectivity index (χ2n) is 7.08. The number of thiophene rings is 2. The third-order valence-corrected chi connectivity index (χ3v) is 6.92. The van der Waals surface area contributed by atoms with Crippen LogP contribution >= 0.6 is 22.7 Å². The Morgan fingerprint density at radius 2 is 2.22 bits per heavy atom. The number of likely N-dealkylation sites (tertiary alicyclic amines) is 1. The molecule has 27 heavy (non-hydrogen) atoms. The van der Waals surface area contributed by atoms with Crippen LogP contribution in [0.25, 0.3) is 20.7 Å². The van der Waals surface area contributed by atoms with Crippen LogP contribution in [-0.4, -0.2) is 58.5 Å². The fourth-order valence-electron chi connectivity index (χ4n) is 3.54. The SMILES string of the molecule is CN(C)C1CCCN(C(=O)Cn2cnc3scc(-c4cccs4)c3c2=O)C1. The van der Waals surface area contributed by atoms with Crippen molar-refractivity contribution < 1.29 is 4.79 Å². The number of hydrogen-bond donors (Lipinski definition) is 0. The molecule has 3 aromatic rings. The largest absolute Gasteiger partial charge is 0.340 e. The Morgan fingerprint density at radius 1 is 1.37 bits per heavy atom. The van der Waals surface area contributed by atoms with Gasteiger partial charge in [-0.3, -0.25) is 14.2 Å². The van der Waals surface area contributed by atoms with Crippen molar-refractivity contribution in [3.05, 3.63) is 39.6 Å². The summed E-state index contributed by atoms with van der Waals surface area (Å²) in [6.45, 7) is 1.52. The van der Waals surface area contributed by atoms with Gasteiger partial charge < -0.3 is 9.80 Å². The summed E-state index contributed by atoms with van der Waals surface area (Å²) in [4.78, 5) is 36.1. The maximum Gasteiger partial charge on any atom is 0.263 e. The van der Waals surface area contributed by atoms with E-state index in [1.807, 2.05) is 41.9 Å². The Hall–Kier alpha value is -2.03. The number of carbonyl (C=O) groups excluding carboxylic acids is 1. The van der Waals surface area contributed by atoms with E-state index in [0.717, 1.165) is 41.2 Å². The molecule has 4 rings (SSSR count). The van der Waals surface area contributed by atoms with Gasteiger partial charge in [-0.25, -0.2) is 4.98 Å². The first-order valence-electron chi connectivity index (χ1n) is 8.99. The smallest absolute Gasteiger partial charge is 0.263 e. The summed E-state index contributed by atoms with van der Waals surface area (Å²) in [5.74, 6) is -0.0160. The Bertz CT molecular complexity index is 1010. The quantitative estimate of drug-likeness (QED) is 0.673. The van der Waals surface area contributed by atoms with Gasteiger partial charge in [-0.1, -0.05) is 6.07 Å². The molecule has 1 fully saturated rings. The monoisotopic (exact) mass is 402 g/mol. The molecule has 0 radical (unpaired) electrons. The normalized spacial score (nSPS) is 17.7. The lowest BCUT2D eigenvalue weighted by atomic mass is 10.0. The molecule has 6 nitrogen and oxygen atoms in total. The van der Waals surface area contributed by atoms with E-state index in [9.17, 15) is 9.59 Å². The van der Waals surface area contributed by atoms with E-state index in [0.29, 0.717) is 11.4 Å². The zero-order valence-electron chi connectivity index (χ0n) is 15.4. The van der Waals surface area contributed by atoms with Crippen LogP contribution in [-0.2, 0) is 11.3 Å². The molecule has 1 saturated heterocycles. The first-order chi connectivity index (χ1) is 13.0. The van der Waals surface area contributed by atoms with Gasteiger partial charge in [0, 0.05) is 35.0 Å². The Kier molecular flexibility index (Phi) is 5.12. The lowest BCUT2D eigenvalue weighted by Crippen LogP contribution is -2.48. The minimum Gasteiger partial charge on any atom is -0.340 e. The Balaban J connectivity index is 1.61. The molecule has 8 heteroatoms. The molecule has 1 amide bonds. The molecule has 0 aromatic carbocycles. The number of likely N-dealkylation sites (N-methyl/N-ethyl adjacent to an activating group) is 1. The zero-order chi connectivity index (χ0) is 19.0. The topological polar surface area (TPSA) is 58.4 Å². The zero-order valence-corrected chi connectivity index (χ0v) is 17.1. The molecule has 0 aliphatic carbocycles. The van der Waals surface area contributed by atoms with Crippen molar-refractivity contribution in [1.29, 1.82) is 0 Å². The summed E-state index contributed by atoms with van der Waals surface area (Å²) in [7, 11) is 4.09. The van der Waals surface area contributed by atoms with Gasteiger partial charge >= 0.3 is 0 Å². The van der Waals surface area contributed by atoms with Gasteiger partial charge in [0.05, 0.1) is 11.7 Å². The lowest BCUT2D eigenvalue weighted by molar-refractivity contribution is -0.133. The van der Waals surface area contributed by atoms with Crippen molar-refractivity contribution >= 4 is 38.8 Å². The summed E-state index contributed by atoms with van der Waals surface area (Å²) in [6.07, 6.45) is 3.60. The third-order valence-electron chi connectivity index (χ3n) is 5.13. The predicted octanol–water partition coefficient (Wildman–Crippen LogP) is 2.74. The first kappa shape index (κ1) is 18.3. The lowest BCUT2D eigenvalue weighted by Gasteiger charge is -2.36. The van der Waals surface area contributed by atoms with Crippen molar-refractivity contribution in [3.8, 4) is 10.4 Å². The van der Waals surface area contributed by atoms with E-state index in [2.05, 4.69) is 9.88 Å². The van der Waals surface area contributed by atoms with Crippen molar-refractivity contribution in [3.63, 3.8) is 0 Å². The average molecular weight is 403 g/mol. The van der Waals surface area contributed by atoms with Gasteiger partial charge in [0.15, 0.2) is 0 Å². The van der Waals surface area contributed by atoms with Crippen LogP contribution < -0.4 is 5.56 Å². The highest BCUT2D eigenvalue weighted by molar-refractivity contribution is 7.18. The van der Waals surface area contributed by atoms with Crippen molar-refractivity contribution in [2.24, 2.45) is 0 Å². The standard InChI is InChI=1S/C19H22N4O2S2/c1-21(2)13-5-3-7-22(9-13)16(24)10-23-12-20-18-17(19(23)25)14(11-27-18)15-6-4-8-26-15/h4,6,8,11-13H,3,5,7,9-10H2,1-2H3. The van der Waals surface area contributed by atoms with Crippen LogP contribution in [0.15, 0.2) is 34.0 Å². The number of amides is 1. The van der Waals surface area contributed by atoms with E-state index in [4.69, 9.17) is 0 Å². The van der Waals surface area contributed by atoms with Gasteiger partial charge in [-0.15, -0.1) is 22.7 Å². The molecule has 1 atom stereocenters. The van der Waals surface area contributed by atoms with Crippen molar-refractivity contribution in [2.45, 2.75) is 25.4 Å². The number of rotatable bonds is 4. The maximum absolute atomic E-state index is 13.1.